The molecule has 1 amide bonds. The molecule has 7 heteroatoms. The zero-order chi connectivity index (χ0) is 22.4. The maximum absolute atomic E-state index is 12.3. The van der Waals surface area contributed by atoms with Crippen LogP contribution in [0.25, 0.3) is 0 Å². The highest BCUT2D eigenvalue weighted by atomic mass is 16.7. The highest BCUT2D eigenvalue weighted by molar-refractivity contribution is 5.94. The molecule has 1 aliphatic rings. The third kappa shape index (κ3) is 5.69. The number of hydrogen-bond donors (Lipinski definition) is 1. The van der Waals surface area contributed by atoms with Crippen LogP contribution in [-0.2, 0) is 10.2 Å². The van der Waals surface area contributed by atoms with E-state index in [1.54, 1.807) is 18.2 Å². The van der Waals surface area contributed by atoms with Crippen molar-refractivity contribution in [2.45, 2.75) is 39.0 Å². The van der Waals surface area contributed by atoms with Crippen molar-refractivity contribution in [3.8, 4) is 23.0 Å². The van der Waals surface area contributed by atoms with Crippen LogP contribution in [-0.4, -0.2) is 38.7 Å². The van der Waals surface area contributed by atoms with E-state index in [4.69, 9.17) is 18.9 Å². The number of benzene rings is 2. The van der Waals surface area contributed by atoms with E-state index >= 15 is 0 Å². The molecule has 0 aromatic heterocycles. The van der Waals surface area contributed by atoms with Crippen molar-refractivity contribution in [3.63, 3.8) is 0 Å². The van der Waals surface area contributed by atoms with Crippen LogP contribution in [0.1, 0.15) is 49.5 Å². The van der Waals surface area contributed by atoms with Gasteiger partial charge in [-0.2, -0.15) is 0 Å². The number of hydrogen-bond acceptors (Lipinski definition) is 6. The van der Waals surface area contributed by atoms with E-state index in [9.17, 15) is 9.59 Å². The molecule has 31 heavy (non-hydrogen) atoms. The highest BCUT2D eigenvalue weighted by Crippen LogP contribution is 2.36. The Bertz CT molecular complexity index is 953. The van der Waals surface area contributed by atoms with Crippen molar-refractivity contribution in [3.05, 3.63) is 47.5 Å². The Hall–Kier alpha value is -3.22. The lowest BCUT2D eigenvalue weighted by atomic mass is 9.84. The second-order valence-electron chi connectivity index (χ2n) is 8.10. The molecule has 0 bridgehead atoms. The normalized spacial score (nSPS) is 12.4. The van der Waals surface area contributed by atoms with Crippen molar-refractivity contribution in [1.82, 2.24) is 5.32 Å². The molecular weight excluding hydrogens is 398 g/mol. The van der Waals surface area contributed by atoms with E-state index in [-0.39, 0.29) is 23.9 Å². The van der Waals surface area contributed by atoms with E-state index in [1.807, 2.05) is 18.2 Å². The number of amides is 1. The van der Waals surface area contributed by atoms with Gasteiger partial charge in [-0.25, -0.2) is 0 Å². The minimum Gasteiger partial charge on any atom is -0.493 e. The minimum atomic E-state index is -0.251. The molecule has 0 saturated heterocycles. The van der Waals surface area contributed by atoms with Gasteiger partial charge in [-0.1, -0.05) is 19.9 Å². The maximum atomic E-state index is 12.3. The Labute approximate surface area is 182 Å². The number of carbonyl (C=O) groups is 2. The first kappa shape index (κ1) is 22.5. The molecule has 2 aromatic carbocycles. The van der Waals surface area contributed by atoms with Crippen LogP contribution in [0.2, 0.25) is 0 Å². The first-order chi connectivity index (χ1) is 14.8. The summed E-state index contributed by atoms with van der Waals surface area (Å²) in [5.41, 5.74) is 1.38. The van der Waals surface area contributed by atoms with E-state index in [2.05, 4.69) is 19.2 Å². The van der Waals surface area contributed by atoms with Crippen molar-refractivity contribution < 1.29 is 28.5 Å². The quantitative estimate of drug-likeness (QED) is 0.458. The van der Waals surface area contributed by atoms with Gasteiger partial charge in [0.2, 0.25) is 12.7 Å². The predicted octanol–water partition coefficient (Wildman–Crippen LogP) is 3.88. The van der Waals surface area contributed by atoms with Crippen LogP contribution < -0.4 is 24.3 Å². The number of rotatable bonds is 10. The fourth-order valence-electron chi connectivity index (χ4n) is 3.25. The zero-order valence-corrected chi connectivity index (χ0v) is 18.4. The molecular formula is C24H29NO6. The molecule has 7 nitrogen and oxygen atoms in total. The van der Waals surface area contributed by atoms with Crippen molar-refractivity contribution in [2.75, 3.05) is 27.1 Å². The summed E-state index contributed by atoms with van der Waals surface area (Å²) in [6.45, 7) is 6.77. The van der Waals surface area contributed by atoms with E-state index in [0.29, 0.717) is 43.1 Å². The molecule has 166 valence electrons. The summed E-state index contributed by atoms with van der Waals surface area (Å²) >= 11 is 0. The number of Topliss-reactive ketones (excluding diaryl/α,β-unsaturated/α-hetero) is 1. The average molecular weight is 427 g/mol. The number of methoxy groups -OCH3 is 1. The summed E-state index contributed by atoms with van der Waals surface area (Å²) in [7, 11) is 1.53. The number of fused-ring (bicyclic) bond motifs is 1. The molecule has 1 heterocycles. The number of carbonyl (C=O) groups excluding carboxylic acids is 2. The van der Waals surface area contributed by atoms with Crippen LogP contribution in [0.5, 0.6) is 23.0 Å². The van der Waals surface area contributed by atoms with E-state index < -0.39 is 0 Å². The molecule has 1 aliphatic heterocycles. The molecule has 0 unspecified atom stereocenters. The first-order valence-corrected chi connectivity index (χ1v) is 10.3. The molecule has 0 fully saturated rings. The van der Waals surface area contributed by atoms with Gasteiger partial charge in [0.25, 0.3) is 0 Å². The molecule has 2 aromatic rings. The number of ketones is 1. The Morgan fingerprint density at radius 1 is 1.06 bits per heavy atom. The molecule has 0 saturated carbocycles. The average Bonchev–Trinajstić information content (AvgIpc) is 3.23. The summed E-state index contributed by atoms with van der Waals surface area (Å²) in [4.78, 5) is 23.8. The van der Waals surface area contributed by atoms with Crippen LogP contribution in [0.15, 0.2) is 36.4 Å². The van der Waals surface area contributed by atoms with Gasteiger partial charge in [-0.3, -0.25) is 9.59 Å². The molecule has 0 aliphatic carbocycles. The molecule has 0 radical (unpaired) electrons. The van der Waals surface area contributed by atoms with Gasteiger partial charge in [-0.05, 0) is 49.2 Å². The van der Waals surface area contributed by atoms with E-state index in [1.165, 1.54) is 14.0 Å². The van der Waals surface area contributed by atoms with Crippen LogP contribution in [0.3, 0.4) is 0 Å². The van der Waals surface area contributed by atoms with Gasteiger partial charge in [0.1, 0.15) is 0 Å². The van der Waals surface area contributed by atoms with Crippen LogP contribution >= 0.6 is 0 Å². The standard InChI is InChI=1S/C24H29NO6/c1-16(26)17-7-9-19(21(12-17)28-4)29-11-5-6-23(27)25-14-24(2,3)18-8-10-20-22(13-18)31-15-30-20/h7-10,12-13H,5-6,11,14-15H2,1-4H3,(H,25,27). The summed E-state index contributed by atoms with van der Waals surface area (Å²) in [6, 6.07) is 10.9. The number of nitrogens with one attached hydrogen (secondary N) is 1. The fourth-order valence-corrected chi connectivity index (χ4v) is 3.25. The fraction of sp³-hybridized carbons (Fsp3) is 0.417. The lowest BCUT2D eigenvalue weighted by Crippen LogP contribution is -2.36. The van der Waals surface area contributed by atoms with Gasteiger partial charge >= 0.3 is 0 Å². The lowest BCUT2D eigenvalue weighted by molar-refractivity contribution is -0.121. The topological polar surface area (TPSA) is 83.1 Å². The van der Waals surface area contributed by atoms with E-state index in [0.717, 1.165) is 17.1 Å². The van der Waals surface area contributed by atoms with Gasteiger partial charge < -0.3 is 24.3 Å². The Kier molecular flexibility index (Phi) is 7.05. The van der Waals surface area contributed by atoms with Gasteiger partial charge in [0, 0.05) is 23.9 Å². The largest absolute Gasteiger partial charge is 0.493 e. The molecule has 0 spiro atoms. The van der Waals surface area contributed by atoms with Crippen molar-refractivity contribution in [1.29, 1.82) is 0 Å². The third-order valence-electron chi connectivity index (χ3n) is 5.26. The predicted molar refractivity (Wildman–Crippen MR) is 116 cm³/mol. The smallest absolute Gasteiger partial charge is 0.231 e. The van der Waals surface area contributed by atoms with Crippen LogP contribution in [0, 0.1) is 0 Å². The Morgan fingerprint density at radius 3 is 2.58 bits per heavy atom. The molecule has 1 N–H and O–H groups in total. The van der Waals surface area contributed by atoms with Gasteiger partial charge in [-0.15, -0.1) is 0 Å². The summed E-state index contributed by atoms with van der Waals surface area (Å²) in [5.74, 6) is 2.47. The van der Waals surface area contributed by atoms with Gasteiger partial charge in [0.05, 0.1) is 13.7 Å². The summed E-state index contributed by atoms with van der Waals surface area (Å²) in [6.07, 6.45) is 0.916. The SMILES string of the molecule is COc1cc(C(C)=O)ccc1OCCCC(=O)NCC(C)(C)c1ccc2c(c1)OCO2. The van der Waals surface area contributed by atoms with Crippen molar-refractivity contribution in [2.24, 2.45) is 0 Å². The van der Waals surface area contributed by atoms with Crippen molar-refractivity contribution >= 4 is 11.7 Å². The lowest BCUT2D eigenvalue weighted by Gasteiger charge is -2.26. The Morgan fingerprint density at radius 2 is 1.84 bits per heavy atom. The summed E-state index contributed by atoms with van der Waals surface area (Å²) in [5, 5.41) is 3.00. The second kappa shape index (κ2) is 9.73. The third-order valence-corrected chi connectivity index (χ3v) is 5.26. The highest BCUT2D eigenvalue weighted by Gasteiger charge is 2.24. The molecule has 3 rings (SSSR count). The second-order valence-corrected chi connectivity index (χ2v) is 8.10. The maximum Gasteiger partial charge on any atom is 0.231 e. The number of ether oxygens (including phenoxy) is 4. The monoisotopic (exact) mass is 427 g/mol. The zero-order valence-electron chi connectivity index (χ0n) is 18.4. The Balaban J connectivity index is 1.44. The van der Waals surface area contributed by atoms with Crippen LogP contribution in [0.4, 0.5) is 0 Å². The minimum absolute atomic E-state index is 0.0312. The first-order valence-electron chi connectivity index (χ1n) is 10.3. The summed E-state index contributed by atoms with van der Waals surface area (Å²) < 4.78 is 21.8. The molecule has 0 atom stereocenters. The van der Waals surface area contributed by atoms with Gasteiger partial charge in [0.15, 0.2) is 28.8 Å².